The zero-order chi connectivity index (χ0) is 21.1. The molecule has 0 spiro atoms. The molecule has 0 aliphatic carbocycles. The van der Waals surface area contributed by atoms with Gasteiger partial charge in [0.1, 0.15) is 5.75 Å². The Hall–Kier alpha value is -2.43. The molecule has 164 valence electrons. The van der Waals surface area contributed by atoms with Crippen LogP contribution in [0.15, 0.2) is 59.6 Å². The number of rotatable bonds is 9. The van der Waals surface area contributed by atoms with Crippen LogP contribution in [0.3, 0.4) is 0 Å². The zero-order valence-corrected chi connectivity index (χ0v) is 19.3. The molecule has 0 aromatic heterocycles. The van der Waals surface area contributed by atoms with Crippen molar-refractivity contribution < 1.29 is 18.3 Å². The summed E-state index contributed by atoms with van der Waals surface area (Å²) in [5.41, 5.74) is 1.54. The van der Waals surface area contributed by atoms with E-state index in [1.807, 2.05) is 37.1 Å². The van der Waals surface area contributed by atoms with Crippen molar-refractivity contribution in [3.05, 3.63) is 65.7 Å². The van der Waals surface area contributed by atoms with Gasteiger partial charge in [-0.15, -0.1) is 24.0 Å². The number of hydrogen-bond acceptors (Lipinski definition) is 3. The van der Waals surface area contributed by atoms with Gasteiger partial charge in [-0.1, -0.05) is 30.3 Å². The predicted molar refractivity (Wildman–Crippen MR) is 125 cm³/mol. The Morgan fingerprint density at radius 2 is 1.77 bits per heavy atom. The van der Waals surface area contributed by atoms with Gasteiger partial charge < -0.3 is 20.3 Å². The molecule has 2 aromatic carbocycles. The number of carbonyl (C=O) groups is 1. The number of halogens is 3. The van der Waals surface area contributed by atoms with Gasteiger partial charge in [0.25, 0.3) is 5.91 Å². The van der Waals surface area contributed by atoms with Crippen molar-refractivity contribution in [2.75, 3.05) is 26.7 Å². The second-order valence-corrected chi connectivity index (χ2v) is 6.24. The normalized spacial score (nSPS) is 10.9. The average Bonchev–Trinajstić information content (AvgIpc) is 2.71. The summed E-state index contributed by atoms with van der Waals surface area (Å²) in [7, 11) is 1.88. The van der Waals surface area contributed by atoms with E-state index in [4.69, 9.17) is 0 Å². The molecule has 0 unspecified atom stereocenters. The summed E-state index contributed by atoms with van der Waals surface area (Å²) in [4.78, 5) is 18.5. The number of nitrogens with zero attached hydrogens (tertiary/aromatic N) is 2. The summed E-state index contributed by atoms with van der Waals surface area (Å²) in [5.74, 6) is 0.681. The van der Waals surface area contributed by atoms with Crippen LogP contribution in [0.25, 0.3) is 0 Å². The van der Waals surface area contributed by atoms with Crippen LogP contribution in [0.1, 0.15) is 22.8 Å². The second-order valence-electron chi connectivity index (χ2n) is 6.24. The Bertz CT molecular complexity index is 789. The van der Waals surface area contributed by atoms with Gasteiger partial charge in [0, 0.05) is 32.2 Å². The predicted octanol–water partition coefficient (Wildman–Crippen LogP) is 3.73. The van der Waals surface area contributed by atoms with Crippen molar-refractivity contribution in [3.63, 3.8) is 0 Å². The molecule has 0 saturated heterocycles. The fraction of sp³-hybridized carbons (Fsp3) is 0.333. The molecule has 0 aliphatic heterocycles. The minimum absolute atomic E-state index is 0. The third-order valence-corrected chi connectivity index (χ3v) is 3.96. The van der Waals surface area contributed by atoms with Crippen LogP contribution >= 0.6 is 24.0 Å². The van der Waals surface area contributed by atoms with Crippen LogP contribution in [-0.4, -0.2) is 50.1 Å². The van der Waals surface area contributed by atoms with Crippen LogP contribution in [0.5, 0.6) is 5.75 Å². The topological polar surface area (TPSA) is 66.0 Å². The van der Waals surface area contributed by atoms with Crippen LogP contribution in [-0.2, 0) is 6.54 Å². The molecular weight excluding hydrogens is 505 g/mol. The first-order valence-corrected chi connectivity index (χ1v) is 9.36. The van der Waals surface area contributed by atoms with E-state index >= 15 is 0 Å². The molecule has 0 saturated carbocycles. The standard InChI is InChI=1S/C21H26F2N4O2.HI/c1-3-24-21(26-14-13-25-19(28)17-7-5-4-6-8-17)27(2)15-16-9-11-18(12-10-16)29-20(22)23;/h4-12,20H,3,13-15H2,1-2H3,(H,24,26)(H,25,28);1H. The molecule has 2 aromatic rings. The van der Waals surface area contributed by atoms with E-state index < -0.39 is 6.61 Å². The Morgan fingerprint density at radius 3 is 2.37 bits per heavy atom. The van der Waals surface area contributed by atoms with Gasteiger partial charge in [0.15, 0.2) is 5.96 Å². The molecule has 6 nitrogen and oxygen atoms in total. The number of guanidine groups is 1. The highest BCUT2D eigenvalue weighted by atomic mass is 127. The number of benzene rings is 2. The lowest BCUT2D eigenvalue weighted by molar-refractivity contribution is -0.0498. The first-order chi connectivity index (χ1) is 14.0. The monoisotopic (exact) mass is 532 g/mol. The highest BCUT2D eigenvalue weighted by Gasteiger charge is 2.08. The number of nitrogens with one attached hydrogen (secondary N) is 2. The number of carbonyl (C=O) groups excluding carboxylic acids is 1. The maximum Gasteiger partial charge on any atom is 0.387 e. The average molecular weight is 532 g/mol. The van der Waals surface area contributed by atoms with Crippen molar-refractivity contribution in [1.82, 2.24) is 15.5 Å². The first kappa shape index (κ1) is 25.6. The Morgan fingerprint density at radius 1 is 1.10 bits per heavy atom. The molecule has 30 heavy (non-hydrogen) atoms. The summed E-state index contributed by atoms with van der Waals surface area (Å²) < 4.78 is 28.8. The van der Waals surface area contributed by atoms with Gasteiger partial charge in [-0.3, -0.25) is 9.79 Å². The SMILES string of the molecule is CCNC(=NCCNC(=O)c1ccccc1)N(C)Cc1ccc(OC(F)F)cc1.I. The molecule has 0 radical (unpaired) electrons. The maximum absolute atomic E-state index is 12.2. The number of aliphatic imine (C=N–C) groups is 1. The Labute approximate surface area is 192 Å². The van der Waals surface area contributed by atoms with E-state index in [0.29, 0.717) is 37.7 Å². The molecule has 0 heterocycles. The summed E-state index contributed by atoms with van der Waals surface area (Å²) in [6.07, 6.45) is 0. The molecule has 2 N–H and O–H groups in total. The molecule has 2 rings (SSSR count). The number of hydrogen-bond donors (Lipinski definition) is 2. The highest BCUT2D eigenvalue weighted by Crippen LogP contribution is 2.15. The third-order valence-electron chi connectivity index (χ3n) is 3.96. The number of amides is 1. The summed E-state index contributed by atoms with van der Waals surface area (Å²) in [6, 6.07) is 15.5. The Balaban J connectivity index is 0.00000450. The van der Waals surface area contributed by atoms with Crippen LogP contribution in [0.2, 0.25) is 0 Å². The summed E-state index contributed by atoms with van der Waals surface area (Å²) >= 11 is 0. The van der Waals surface area contributed by atoms with Crippen molar-refractivity contribution >= 4 is 35.8 Å². The second kappa shape index (κ2) is 13.7. The van der Waals surface area contributed by atoms with Gasteiger partial charge in [0.05, 0.1) is 6.54 Å². The fourth-order valence-corrected chi connectivity index (χ4v) is 2.62. The van der Waals surface area contributed by atoms with Gasteiger partial charge in [-0.25, -0.2) is 0 Å². The fourth-order valence-electron chi connectivity index (χ4n) is 2.62. The molecule has 9 heteroatoms. The van der Waals surface area contributed by atoms with E-state index in [1.165, 1.54) is 12.1 Å². The van der Waals surface area contributed by atoms with Crippen molar-refractivity contribution in [2.24, 2.45) is 4.99 Å². The molecule has 0 aliphatic rings. The maximum atomic E-state index is 12.2. The van der Waals surface area contributed by atoms with Crippen molar-refractivity contribution in [3.8, 4) is 5.75 Å². The van der Waals surface area contributed by atoms with Crippen LogP contribution in [0.4, 0.5) is 8.78 Å². The van der Waals surface area contributed by atoms with E-state index in [9.17, 15) is 13.6 Å². The van der Waals surface area contributed by atoms with Gasteiger partial charge in [0.2, 0.25) is 0 Å². The lowest BCUT2D eigenvalue weighted by Crippen LogP contribution is -2.39. The highest BCUT2D eigenvalue weighted by molar-refractivity contribution is 14.0. The zero-order valence-electron chi connectivity index (χ0n) is 17.0. The Kier molecular flexibility index (Phi) is 11.7. The van der Waals surface area contributed by atoms with Crippen LogP contribution < -0.4 is 15.4 Å². The molecular formula is C21H27F2IN4O2. The number of alkyl halides is 2. The smallest absolute Gasteiger partial charge is 0.387 e. The van der Waals surface area contributed by atoms with Crippen molar-refractivity contribution in [1.29, 1.82) is 0 Å². The lowest BCUT2D eigenvalue weighted by Gasteiger charge is -2.22. The minimum Gasteiger partial charge on any atom is -0.435 e. The minimum atomic E-state index is -2.83. The molecule has 0 fully saturated rings. The summed E-state index contributed by atoms with van der Waals surface area (Å²) in [6.45, 7) is 1.20. The molecule has 0 atom stereocenters. The number of ether oxygens (including phenoxy) is 1. The third kappa shape index (κ3) is 8.93. The van der Waals surface area contributed by atoms with E-state index in [-0.39, 0.29) is 35.6 Å². The van der Waals surface area contributed by atoms with Gasteiger partial charge in [-0.2, -0.15) is 8.78 Å². The van der Waals surface area contributed by atoms with E-state index in [2.05, 4.69) is 20.4 Å². The van der Waals surface area contributed by atoms with Gasteiger partial charge in [-0.05, 0) is 36.8 Å². The van der Waals surface area contributed by atoms with Crippen LogP contribution in [0, 0.1) is 0 Å². The first-order valence-electron chi connectivity index (χ1n) is 9.36. The molecule has 1 amide bonds. The van der Waals surface area contributed by atoms with Crippen molar-refractivity contribution in [2.45, 2.75) is 20.1 Å². The molecule has 0 bridgehead atoms. The van der Waals surface area contributed by atoms with E-state index in [0.717, 1.165) is 5.56 Å². The largest absolute Gasteiger partial charge is 0.435 e. The quantitative estimate of drug-likeness (QED) is 0.224. The lowest BCUT2D eigenvalue weighted by atomic mass is 10.2. The van der Waals surface area contributed by atoms with Gasteiger partial charge >= 0.3 is 6.61 Å². The van der Waals surface area contributed by atoms with E-state index in [1.54, 1.807) is 24.3 Å². The summed E-state index contributed by atoms with van der Waals surface area (Å²) in [5, 5.41) is 6.04.